The zero-order chi connectivity index (χ0) is 16.0. The number of fused-ring (bicyclic) bond motifs is 1. The lowest BCUT2D eigenvalue weighted by molar-refractivity contribution is -0.141. The minimum atomic E-state index is -0.429. The van der Waals surface area contributed by atoms with Gasteiger partial charge in [-0.25, -0.2) is 0 Å². The van der Waals surface area contributed by atoms with Crippen LogP contribution in [0.3, 0.4) is 0 Å². The molecule has 0 aliphatic carbocycles. The number of amides is 2. The molecule has 1 aromatic rings. The van der Waals surface area contributed by atoms with Gasteiger partial charge in [0.05, 0.1) is 6.04 Å². The molecule has 3 atom stereocenters. The van der Waals surface area contributed by atoms with Crippen LogP contribution in [0.5, 0.6) is 0 Å². The second kappa shape index (κ2) is 5.39. The number of aromatic amines is 1. The number of aromatic nitrogens is 2. The average molecular weight is 305 g/mol. The van der Waals surface area contributed by atoms with E-state index in [0.717, 1.165) is 18.7 Å². The van der Waals surface area contributed by atoms with E-state index in [0.29, 0.717) is 18.3 Å². The van der Waals surface area contributed by atoms with Crippen molar-refractivity contribution in [3.05, 3.63) is 17.5 Å². The van der Waals surface area contributed by atoms with Crippen molar-refractivity contribution in [2.24, 2.45) is 0 Å². The number of piperazine rings is 1. The van der Waals surface area contributed by atoms with E-state index in [1.165, 1.54) is 0 Å². The van der Waals surface area contributed by atoms with Crippen molar-refractivity contribution < 1.29 is 9.59 Å². The molecule has 0 radical (unpaired) electrons. The van der Waals surface area contributed by atoms with Gasteiger partial charge in [-0.1, -0.05) is 0 Å². The summed E-state index contributed by atoms with van der Waals surface area (Å²) in [6.45, 7) is 5.00. The maximum atomic E-state index is 12.6. The summed E-state index contributed by atoms with van der Waals surface area (Å²) in [6.07, 6.45) is 0.912. The third-order valence-corrected chi connectivity index (χ3v) is 4.82. The number of H-pyrrole nitrogens is 1. The van der Waals surface area contributed by atoms with Gasteiger partial charge in [0, 0.05) is 24.8 Å². The number of carbonyl (C=O) groups is 2. The second-order valence-electron chi connectivity index (χ2n) is 6.57. The second-order valence-corrected chi connectivity index (χ2v) is 6.57. The summed E-state index contributed by atoms with van der Waals surface area (Å²) >= 11 is 0. The number of hydrogen-bond acceptors (Lipinski definition) is 4. The summed E-state index contributed by atoms with van der Waals surface area (Å²) in [4.78, 5) is 31.0. The smallest absolute Gasteiger partial charge is 0.275 e. The average Bonchev–Trinajstić information content (AvgIpc) is 3.08. The third kappa shape index (κ3) is 2.39. The Morgan fingerprint density at radius 1 is 1.41 bits per heavy atom. The summed E-state index contributed by atoms with van der Waals surface area (Å²) in [5.41, 5.74) is 1.22. The molecule has 2 saturated heterocycles. The predicted molar refractivity (Wildman–Crippen MR) is 81.4 cm³/mol. The molecule has 3 heterocycles. The molecule has 0 unspecified atom stereocenters. The molecule has 0 spiro atoms. The normalized spacial score (nSPS) is 28.4. The number of nitrogens with one attached hydrogen (secondary N) is 1. The molecule has 7 nitrogen and oxygen atoms in total. The van der Waals surface area contributed by atoms with Crippen molar-refractivity contribution in [2.45, 2.75) is 38.4 Å². The Morgan fingerprint density at radius 3 is 2.73 bits per heavy atom. The van der Waals surface area contributed by atoms with Gasteiger partial charge in [0.2, 0.25) is 5.91 Å². The number of hydrogen-bond donors (Lipinski definition) is 1. The lowest BCUT2D eigenvalue weighted by atomic mass is 10.1. The minimum absolute atomic E-state index is 0.0428. The van der Waals surface area contributed by atoms with Crippen LogP contribution in [0.4, 0.5) is 0 Å². The first kappa shape index (κ1) is 15.0. The van der Waals surface area contributed by atoms with E-state index in [2.05, 4.69) is 15.1 Å². The van der Waals surface area contributed by atoms with Gasteiger partial charge in [-0.3, -0.25) is 14.7 Å². The third-order valence-electron chi connectivity index (χ3n) is 4.82. The lowest BCUT2D eigenvalue weighted by Gasteiger charge is -2.41. The molecular weight excluding hydrogens is 282 g/mol. The van der Waals surface area contributed by atoms with Gasteiger partial charge < -0.3 is 14.7 Å². The first-order valence-electron chi connectivity index (χ1n) is 7.68. The molecule has 3 rings (SSSR count). The Kier molecular flexibility index (Phi) is 3.68. The predicted octanol–water partition coefficient (Wildman–Crippen LogP) is 0.0935. The van der Waals surface area contributed by atoms with E-state index < -0.39 is 6.04 Å². The van der Waals surface area contributed by atoms with Crippen LogP contribution in [0.2, 0.25) is 0 Å². The Balaban J connectivity index is 1.80. The number of aryl methyl sites for hydroxylation is 1. The number of carbonyl (C=O) groups excluding carboxylic acids is 2. The van der Waals surface area contributed by atoms with Crippen molar-refractivity contribution >= 4 is 11.8 Å². The molecule has 0 saturated carbocycles. The Bertz CT molecular complexity index is 597. The summed E-state index contributed by atoms with van der Waals surface area (Å²) in [5.74, 6) is -0.126. The molecule has 0 aromatic carbocycles. The summed E-state index contributed by atoms with van der Waals surface area (Å²) in [7, 11) is 4.07. The highest BCUT2D eigenvalue weighted by molar-refractivity contribution is 5.97. The van der Waals surface area contributed by atoms with Gasteiger partial charge in [-0.05, 0) is 40.4 Å². The first-order chi connectivity index (χ1) is 10.4. The van der Waals surface area contributed by atoms with Crippen molar-refractivity contribution in [3.8, 4) is 0 Å². The minimum Gasteiger partial charge on any atom is -0.335 e. The van der Waals surface area contributed by atoms with Crippen molar-refractivity contribution in [1.82, 2.24) is 24.9 Å². The number of nitrogens with zero attached hydrogens (tertiary/aromatic N) is 4. The van der Waals surface area contributed by atoms with E-state index in [1.54, 1.807) is 17.9 Å². The molecule has 2 aliphatic heterocycles. The molecule has 7 heteroatoms. The molecule has 1 N–H and O–H groups in total. The quantitative estimate of drug-likeness (QED) is 0.841. The van der Waals surface area contributed by atoms with Crippen LogP contribution in [-0.2, 0) is 4.79 Å². The van der Waals surface area contributed by atoms with Crippen molar-refractivity contribution in [2.75, 3.05) is 27.2 Å². The van der Waals surface area contributed by atoms with E-state index in [-0.39, 0.29) is 17.9 Å². The molecule has 0 bridgehead atoms. The molecular formula is C15H23N5O2. The van der Waals surface area contributed by atoms with Gasteiger partial charge in [0.25, 0.3) is 5.91 Å². The van der Waals surface area contributed by atoms with E-state index in [9.17, 15) is 9.59 Å². The molecule has 22 heavy (non-hydrogen) atoms. The van der Waals surface area contributed by atoms with E-state index >= 15 is 0 Å². The standard InChI is InChI=1S/C15H23N5O2/c1-9-5-13(17-16-9)15(22)19-8-12-6-11(18(3)4)7-20(12)14(21)10(19)2/h5,10-12H,6-8H2,1-4H3,(H,16,17)/t10-,11-,12-/m0/s1. The van der Waals surface area contributed by atoms with E-state index in [4.69, 9.17) is 0 Å². The zero-order valence-electron chi connectivity index (χ0n) is 13.5. The fraction of sp³-hybridized carbons (Fsp3) is 0.667. The molecule has 2 fully saturated rings. The van der Waals surface area contributed by atoms with Crippen LogP contribution in [0.25, 0.3) is 0 Å². The van der Waals surface area contributed by atoms with Gasteiger partial charge in [0.1, 0.15) is 11.7 Å². The maximum Gasteiger partial charge on any atom is 0.275 e. The monoisotopic (exact) mass is 305 g/mol. The van der Waals surface area contributed by atoms with Crippen LogP contribution < -0.4 is 0 Å². The summed E-state index contributed by atoms with van der Waals surface area (Å²) in [5, 5.41) is 6.81. The lowest BCUT2D eigenvalue weighted by Crippen LogP contribution is -2.60. The van der Waals surface area contributed by atoms with Crippen LogP contribution in [0.15, 0.2) is 6.07 Å². The summed E-state index contributed by atoms with van der Waals surface area (Å²) in [6, 6.07) is 1.77. The highest BCUT2D eigenvalue weighted by Crippen LogP contribution is 2.28. The highest BCUT2D eigenvalue weighted by Gasteiger charge is 2.45. The van der Waals surface area contributed by atoms with Gasteiger partial charge >= 0.3 is 0 Å². The first-order valence-corrected chi connectivity index (χ1v) is 7.68. The fourth-order valence-electron chi connectivity index (χ4n) is 3.40. The Hall–Kier alpha value is -1.89. The molecule has 1 aromatic heterocycles. The SMILES string of the molecule is Cc1cc(C(=O)N2C[C@@H]3C[C@H](N(C)C)CN3C(=O)[C@@H]2C)n[nH]1. The van der Waals surface area contributed by atoms with Crippen LogP contribution in [0.1, 0.15) is 29.5 Å². The zero-order valence-corrected chi connectivity index (χ0v) is 13.5. The van der Waals surface area contributed by atoms with Gasteiger partial charge in [0.15, 0.2) is 0 Å². The topological polar surface area (TPSA) is 72.5 Å². The van der Waals surface area contributed by atoms with Gasteiger partial charge in [-0.15, -0.1) is 0 Å². The Labute approximate surface area is 130 Å². The van der Waals surface area contributed by atoms with E-state index in [1.807, 2.05) is 25.9 Å². The van der Waals surface area contributed by atoms with Crippen molar-refractivity contribution in [3.63, 3.8) is 0 Å². The molecule has 120 valence electrons. The highest BCUT2D eigenvalue weighted by atomic mass is 16.2. The molecule has 2 amide bonds. The van der Waals surface area contributed by atoms with Gasteiger partial charge in [-0.2, -0.15) is 5.10 Å². The maximum absolute atomic E-state index is 12.6. The largest absolute Gasteiger partial charge is 0.335 e. The number of rotatable bonds is 2. The molecule has 2 aliphatic rings. The number of likely N-dealkylation sites (N-methyl/N-ethyl adjacent to an activating group) is 1. The van der Waals surface area contributed by atoms with Crippen molar-refractivity contribution in [1.29, 1.82) is 0 Å². The van der Waals surface area contributed by atoms with Crippen LogP contribution in [-0.4, -0.2) is 82.0 Å². The van der Waals surface area contributed by atoms with Crippen LogP contribution in [0, 0.1) is 6.92 Å². The Morgan fingerprint density at radius 2 is 2.14 bits per heavy atom. The fourth-order valence-corrected chi connectivity index (χ4v) is 3.40. The van der Waals surface area contributed by atoms with Crippen LogP contribution >= 0.6 is 0 Å². The summed E-state index contributed by atoms with van der Waals surface area (Å²) < 4.78 is 0.